The first kappa shape index (κ1) is 19.5. The van der Waals surface area contributed by atoms with Gasteiger partial charge in [-0.15, -0.1) is 0 Å². The van der Waals surface area contributed by atoms with E-state index in [0.29, 0.717) is 6.61 Å². The van der Waals surface area contributed by atoms with E-state index >= 15 is 0 Å². The predicted molar refractivity (Wildman–Crippen MR) is 121 cm³/mol. The highest BCUT2D eigenvalue weighted by molar-refractivity contribution is 5.33. The number of likely N-dealkylation sites (tertiary alicyclic amines) is 1. The average Bonchev–Trinajstić information content (AvgIpc) is 2.81. The highest BCUT2D eigenvalue weighted by Crippen LogP contribution is 2.34. The molecule has 5 rings (SSSR count). The van der Waals surface area contributed by atoms with Crippen LogP contribution < -0.4 is 5.32 Å². The molecule has 3 aromatic rings. The lowest BCUT2D eigenvalue weighted by Gasteiger charge is -2.50. The molecule has 3 nitrogen and oxygen atoms in total. The van der Waals surface area contributed by atoms with Gasteiger partial charge < -0.3 is 10.1 Å². The second kappa shape index (κ2) is 8.73. The highest BCUT2D eigenvalue weighted by atomic mass is 16.5. The van der Waals surface area contributed by atoms with E-state index in [9.17, 15) is 0 Å². The first-order chi connectivity index (χ1) is 14.8. The van der Waals surface area contributed by atoms with E-state index in [1.807, 2.05) is 0 Å². The van der Waals surface area contributed by atoms with Crippen molar-refractivity contribution >= 4 is 0 Å². The summed E-state index contributed by atoms with van der Waals surface area (Å²) in [6.45, 7) is 4.63. The molecular weight excluding hydrogens is 368 g/mol. The highest BCUT2D eigenvalue weighted by Gasteiger charge is 2.45. The van der Waals surface area contributed by atoms with Crippen LogP contribution in [0.15, 0.2) is 84.9 Å². The van der Waals surface area contributed by atoms with Crippen LogP contribution in [-0.4, -0.2) is 29.6 Å². The van der Waals surface area contributed by atoms with Gasteiger partial charge in [-0.2, -0.15) is 0 Å². The van der Waals surface area contributed by atoms with Gasteiger partial charge in [0.05, 0.1) is 18.2 Å². The molecular formula is C27H30N2O. The van der Waals surface area contributed by atoms with E-state index in [-0.39, 0.29) is 11.6 Å². The fraction of sp³-hybridized carbons (Fsp3) is 0.333. The molecule has 2 heterocycles. The minimum absolute atomic E-state index is 0.0102. The van der Waals surface area contributed by atoms with E-state index in [1.165, 1.54) is 22.3 Å². The summed E-state index contributed by atoms with van der Waals surface area (Å²) in [7, 11) is 0. The Kier molecular flexibility index (Phi) is 5.67. The minimum Gasteiger partial charge on any atom is -0.370 e. The molecule has 1 saturated heterocycles. The molecule has 2 aliphatic rings. The Balaban J connectivity index is 1.36. The first-order valence-corrected chi connectivity index (χ1v) is 11.0. The number of hydrogen-bond acceptors (Lipinski definition) is 3. The number of rotatable bonds is 5. The van der Waals surface area contributed by atoms with Crippen LogP contribution in [0.25, 0.3) is 0 Å². The summed E-state index contributed by atoms with van der Waals surface area (Å²) in [5, 5.41) is 3.91. The molecule has 154 valence electrons. The third kappa shape index (κ3) is 4.20. The van der Waals surface area contributed by atoms with Gasteiger partial charge in [-0.25, -0.2) is 0 Å². The standard InChI is InChI=1S/C27H30N2O/c1-3-9-22(10-4-1)19-29-16-15-27(17-24-13-7-8-14-25(24)18-28-27)26(20-29)30-21-23-11-5-2-6-12-23/h1-14,26,28H,15-21H2/t26-,27+/m1/s1. The lowest BCUT2D eigenvalue weighted by molar-refractivity contribution is -0.0769. The van der Waals surface area contributed by atoms with Crippen LogP contribution in [0, 0.1) is 0 Å². The Labute approximate surface area is 179 Å². The van der Waals surface area contributed by atoms with Gasteiger partial charge in [0.1, 0.15) is 0 Å². The molecule has 0 radical (unpaired) electrons. The molecule has 1 fully saturated rings. The van der Waals surface area contributed by atoms with Gasteiger partial charge in [0.15, 0.2) is 0 Å². The van der Waals surface area contributed by atoms with Crippen molar-refractivity contribution in [2.45, 2.75) is 44.2 Å². The maximum Gasteiger partial charge on any atom is 0.0891 e. The molecule has 0 bridgehead atoms. The first-order valence-electron chi connectivity index (χ1n) is 11.0. The lowest BCUT2D eigenvalue weighted by atomic mass is 9.76. The average molecular weight is 399 g/mol. The number of benzene rings is 3. The number of ether oxygens (including phenoxy) is 1. The van der Waals surface area contributed by atoms with Gasteiger partial charge >= 0.3 is 0 Å². The summed E-state index contributed by atoms with van der Waals surface area (Å²) < 4.78 is 6.64. The molecule has 30 heavy (non-hydrogen) atoms. The van der Waals surface area contributed by atoms with Gasteiger partial charge in [0.2, 0.25) is 0 Å². The normalized spacial score (nSPS) is 23.9. The molecule has 2 aliphatic heterocycles. The Hall–Kier alpha value is -2.46. The molecule has 0 unspecified atom stereocenters. The maximum absolute atomic E-state index is 6.64. The Morgan fingerprint density at radius 3 is 2.27 bits per heavy atom. The van der Waals surface area contributed by atoms with Crippen LogP contribution in [0.3, 0.4) is 0 Å². The molecule has 0 amide bonds. The SMILES string of the molecule is c1ccc(CO[C@@H]2CN(Cc3ccccc3)CC[C@]23Cc2ccccc2CN3)cc1. The minimum atomic E-state index is 0.0102. The molecule has 0 aliphatic carbocycles. The zero-order valence-corrected chi connectivity index (χ0v) is 17.5. The van der Waals surface area contributed by atoms with E-state index in [1.54, 1.807) is 0 Å². The van der Waals surface area contributed by atoms with Gasteiger partial charge in [-0.05, 0) is 35.1 Å². The van der Waals surface area contributed by atoms with Crippen molar-refractivity contribution in [1.29, 1.82) is 0 Å². The fourth-order valence-electron chi connectivity index (χ4n) is 4.97. The third-order valence-corrected chi connectivity index (χ3v) is 6.71. The second-order valence-electron chi connectivity index (χ2n) is 8.71. The fourth-order valence-corrected chi connectivity index (χ4v) is 4.97. The second-order valence-corrected chi connectivity index (χ2v) is 8.71. The van der Waals surface area contributed by atoms with Crippen LogP contribution in [0.1, 0.15) is 28.7 Å². The van der Waals surface area contributed by atoms with Crippen molar-refractivity contribution in [3.63, 3.8) is 0 Å². The van der Waals surface area contributed by atoms with E-state index in [4.69, 9.17) is 4.74 Å². The largest absolute Gasteiger partial charge is 0.370 e. The smallest absolute Gasteiger partial charge is 0.0891 e. The number of hydrogen-bond donors (Lipinski definition) is 1. The van der Waals surface area contributed by atoms with Crippen molar-refractivity contribution in [3.8, 4) is 0 Å². The van der Waals surface area contributed by atoms with Crippen LogP contribution in [0.4, 0.5) is 0 Å². The summed E-state index contributed by atoms with van der Waals surface area (Å²) in [5.41, 5.74) is 5.52. The molecule has 3 heteroatoms. The van der Waals surface area contributed by atoms with Gasteiger partial charge in [-0.1, -0.05) is 84.9 Å². The number of nitrogens with one attached hydrogen (secondary N) is 1. The number of piperidine rings is 1. The zero-order chi connectivity index (χ0) is 20.2. The Morgan fingerprint density at radius 1 is 0.833 bits per heavy atom. The number of fused-ring (bicyclic) bond motifs is 1. The van der Waals surface area contributed by atoms with Gasteiger partial charge in [0, 0.05) is 26.2 Å². The zero-order valence-electron chi connectivity index (χ0n) is 17.5. The summed E-state index contributed by atoms with van der Waals surface area (Å²) in [6.07, 6.45) is 2.30. The molecule has 2 atom stereocenters. The van der Waals surface area contributed by atoms with Crippen LogP contribution >= 0.6 is 0 Å². The van der Waals surface area contributed by atoms with Crippen molar-refractivity contribution in [2.75, 3.05) is 13.1 Å². The molecule has 1 spiro atoms. The Morgan fingerprint density at radius 2 is 1.50 bits per heavy atom. The lowest BCUT2D eigenvalue weighted by Crippen LogP contribution is -2.65. The van der Waals surface area contributed by atoms with E-state index in [0.717, 1.165) is 39.0 Å². The van der Waals surface area contributed by atoms with Crippen molar-refractivity contribution in [3.05, 3.63) is 107 Å². The molecule has 0 saturated carbocycles. The number of nitrogens with zero attached hydrogens (tertiary/aromatic N) is 1. The van der Waals surface area contributed by atoms with Crippen LogP contribution in [-0.2, 0) is 30.9 Å². The summed E-state index contributed by atoms with van der Waals surface area (Å²) in [6, 6.07) is 30.2. The van der Waals surface area contributed by atoms with Crippen molar-refractivity contribution < 1.29 is 4.74 Å². The molecule has 1 N–H and O–H groups in total. The van der Waals surface area contributed by atoms with Crippen molar-refractivity contribution in [1.82, 2.24) is 10.2 Å². The Bertz CT molecular complexity index is 959. The monoisotopic (exact) mass is 398 g/mol. The summed E-state index contributed by atoms with van der Waals surface area (Å²) in [4.78, 5) is 2.55. The quantitative estimate of drug-likeness (QED) is 0.682. The van der Waals surface area contributed by atoms with E-state index in [2.05, 4.69) is 95.1 Å². The third-order valence-electron chi connectivity index (χ3n) is 6.71. The topological polar surface area (TPSA) is 24.5 Å². The molecule has 0 aromatic heterocycles. The summed E-state index contributed by atoms with van der Waals surface area (Å²) in [5.74, 6) is 0. The summed E-state index contributed by atoms with van der Waals surface area (Å²) >= 11 is 0. The maximum atomic E-state index is 6.64. The van der Waals surface area contributed by atoms with Crippen LogP contribution in [0.2, 0.25) is 0 Å². The predicted octanol–water partition coefficient (Wildman–Crippen LogP) is 4.56. The van der Waals surface area contributed by atoms with Crippen LogP contribution in [0.5, 0.6) is 0 Å². The van der Waals surface area contributed by atoms with Gasteiger partial charge in [0.25, 0.3) is 0 Å². The van der Waals surface area contributed by atoms with E-state index < -0.39 is 0 Å². The molecule has 3 aromatic carbocycles. The van der Waals surface area contributed by atoms with Gasteiger partial charge in [-0.3, -0.25) is 4.90 Å². The van der Waals surface area contributed by atoms with Crippen molar-refractivity contribution in [2.24, 2.45) is 0 Å².